The Labute approximate surface area is 122 Å². The zero-order valence-corrected chi connectivity index (χ0v) is 11.9. The van der Waals surface area contributed by atoms with Crippen molar-refractivity contribution in [1.29, 1.82) is 5.26 Å². The Kier molecular flexibility index (Phi) is 4.33. The van der Waals surface area contributed by atoms with Gasteiger partial charge in [-0.25, -0.2) is 0 Å². The third-order valence-corrected chi connectivity index (χ3v) is 2.76. The highest BCUT2D eigenvalue weighted by Crippen LogP contribution is 2.22. The summed E-state index contributed by atoms with van der Waals surface area (Å²) in [6.45, 7) is 2.63. The van der Waals surface area contributed by atoms with Crippen molar-refractivity contribution in [2.24, 2.45) is 0 Å². The first-order chi connectivity index (χ1) is 9.63. The lowest BCUT2D eigenvalue weighted by atomic mass is 10.2. The van der Waals surface area contributed by atoms with Crippen LogP contribution in [0.15, 0.2) is 24.3 Å². The molecule has 1 heterocycles. The molecule has 0 aliphatic heterocycles. The molecule has 1 N–H and O–H groups in total. The van der Waals surface area contributed by atoms with Crippen LogP contribution >= 0.6 is 11.6 Å². The van der Waals surface area contributed by atoms with E-state index < -0.39 is 0 Å². The van der Waals surface area contributed by atoms with Crippen LogP contribution in [0.4, 0.5) is 17.6 Å². The standard InChI is InChI=1S/C13H13ClN6/c1-3-16-12-17-11(14)18-13(19-12)20(2)10-6-4-5-9(7-10)8-15/h4-7H,3H2,1-2H3,(H,16,17,18,19). The van der Waals surface area contributed by atoms with E-state index in [4.69, 9.17) is 16.9 Å². The Morgan fingerprint density at radius 2 is 2.15 bits per heavy atom. The summed E-state index contributed by atoms with van der Waals surface area (Å²) in [5.74, 6) is 0.835. The van der Waals surface area contributed by atoms with Crippen LogP contribution in [0, 0.1) is 11.3 Å². The van der Waals surface area contributed by atoms with Crippen LogP contribution in [0.25, 0.3) is 0 Å². The summed E-state index contributed by atoms with van der Waals surface area (Å²) in [4.78, 5) is 14.1. The van der Waals surface area contributed by atoms with E-state index in [0.29, 0.717) is 24.0 Å². The van der Waals surface area contributed by atoms with Gasteiger partial charge in [0.05, 0.1) is 11.6 Å². The molecule has 102 valence electrons. The van der Waals surface area contributed by atoms with Crippen LogP contribution in [0.3, 0.4) is 0 Å². The molecule has 0 fully saturated rings. The molecule has 0 aliphatic rings. The molecule has 0 spiro atoms. The largest absolute Gasteiger partial charge is 0.354 e. The van der Waals surface area contributed by atoms with Crippen molar-refractivity contribution in [2.75, 3.05) is 23.8 Å². The minimum absolute atomic E-state index is 0.120. The lowest BCUT2D eigenvalue weighted by Gasteiger charge is -2.17. The van der Waals surface area contributed by atoms with Crippen molar-refractivity contribution in [2.45, 2.75) is 6.92 Å². The summed E-state index contributed by atoms with van der Waals surface area (Å²) in [7, 11) is 1.80. The highest BCUT2D eigenvalue weighted by molar-refractivity contribution is 6.28. The summed E-state index contributed by atoms with van der Waals surface area (Å²) in [6, 6.07) is 9.26. The minimum Gasteiger partial charge on any atom is -0.354 e. The maximum atomic E-state index is 8.93. The first kappa shape index (κ1) is 14.0. The van der Waals surface area contributed by atoms with E-state index in [-0.39, 0.29) is 5.28 Å². The van der Waals surface area contributed by atoms with Gasteiger partial charge in [0.25, 0.3) is 0 Å². The molecule has 0 atom stereocenters. The molecule has 1 aromatic heterocycles. The van der Waals surface area contributed by atoms with Crippen LogP contribution in [-0.2, 0) is 0 Å². The Morgan fingerprint density at radius 1 is 1.35 bits per heavy atom. The SMILES string of the molecule is CCNc1nc(Cl)nc(N(C)c2cccc(C#N)c2)n1. The van der Waals surface area contributed by atoms with Gasteiger partial charge in [-0.15, -0.1) is 0 Å². The van der Waals surface area contributed by atoms with Crippen LogP contribution in [0.2, 0.25) is 5.28 Å². The fraction of sp³-hybridized carbons (Fsp3) is 0.231. The fourth-order valence-electron chi connectivity index (χ4n) is 1.63. The van der Waals surface area contributed by atoms with Crippen LogP contribution in [0.5, 0.6) is 0 Å². The summed E-state index contributed by atoms with van der Waals surface area (Å²) in [6.07, 6.45) is 0. The molecular formula is C13H13ClN6. The lowest BCUT2D eigenvalue weighted by Crippen LogP contribution is -2.15. The molecule has 1 aromatic carbocycles. The van der Waals surface area contributed by atoms with Gasteiger partial charge in [0, 0.05) is 19.3 Å². The number of aromatic nitrogens is 3. The number of hydrogen-bond donors (Lipinski definition) is 1. The number of benzene rings is 1. The molecule has 0 aliphatic carbocycles. The number of nitriles is 1. The van der Waals surface area contributed by atoms with Crippen molar-refractivity contribution < 1.29 is 0 Å². The number of rotatable bonds is 4. The molecular weight excluding hydrogens is 276 g/mol. The number of halogens is 1. The van der Waals surface area contributed by atoms with Gasteiger partial charge in [-0.05, 0) is 36.7 Å². The molecule has 0 saturated carbocycles. The summed E-state index contributed by atoms with van der Waals surface area (Å²) in [5, 5.41) is 12.0. The maximum absolute atomic E-state index is 8.93. The quantitative estimate of drug-likeness (QED) is 0.932. The minimum atomic E-state index is 0.120. The number of anilines is 3. The second-order valence-corrected chi connectivity index (χ2v) is 4.32. The topological polar surface area (TPSA) is 77.7 Å². The number of hydrogen-bond acceptors (Lipinski definition) is 6. The summed E-state index contributed by atoms with van der Waals surface area (Å²) < 4.78 is 0. The molecule has 0 bridgehead atoms. The Morgan fingerprint density at radius 3 is 2.85 bits per heavy atom. The molecule has 2 rings (SSSR count). The predicted octanol–water partition coefficient (Wildman–Crippen LogP) is 2.60. The number of nitrogens with one attached hydrogen (secondary N) is 1. The van der Waals surface area contributed by atoms with Gasteiger partial charge in [-0.3, -0.25) is 0 Å². The highest BCUT2D eigenvalue weighted by atomic mass is 35.5. The summed E-state index contributed by atoms with van der Waals surface area (Å²) >= 11 is 5.89. The van der Waals surface area contributed by atoms with E-state index in [9.17, 15) is 0 Å². The molecule has 0 unspecified atom stereocenters. The Bertz CT molecular complexity index is 652. The van der Waals surface area contributed by atoms with E-state index in [1.807, 2.05) is 13.0 Å². The van der Waals surface area contributed by atoms with Crippen molar-refractivity contribution in [3.8, 4) is 6.07 Å². The normalized spacial score (nSPS) is 9.90. The highest BCUT2D eigenvalue weighted by Gasteiger charge is 2.11. The second-order valence-electron chi connectivity index (χ2n) is 3.98. The first-order valence-corrected chi connectivity index (χ1v) is 6.41. The molecule has 20 heavy (non-hydrogen) atoms. The summed E-state index contributed by atoms with van der Waals surface area (Å²) in [5.41, 5.74) is 1.37. The average molecular weight is 289 g/mol. The molecule has 0 saturated heterocycles. The van der Waals surface area contributed by atoms with Crippen LogP contribution in [-0.4, -0.2) is 28.5 Å². The average Bonchev–Trinajstić information content (AvgIpc) is 2.46. The van der Waals surface area contributed by atoms with Gasteiger partial charge in [0.15, 0.2) is 0 Å². The van der Waals surface area contributed by atoms with E-state index in [2.05, 4.69) is 26.3 Å². The van der Waals surface area contributed by atoms with E-state index >= 15 is 0 Å². The first-order valence-electron chi connectivity index (χ1n) is 6.03. The van der Waals surface area contributed by atoms with Crippen molar-refractivity contribution in [3.05, 3.63) is 35.1 Å². The van der Waals surface area contributed by atoms with Crippen molar-refractivity contribution >= 4 is 29.2 Å². The Hall–Kier alpha value is -2.39. The van der Waals surface area contributed by atoms with E-state index in [1.165, 1.54) is 0 Å². The lowest BCUT2D eigenvalue weighted by molar-refractivity contribution is 0.973. The van der Waals surface area contributed by atoms with Crippen LogP contribution < -0.4 is 10.2 Å². The van der Waals surface area contributed by atoms with Gasteiger partial charge in [0.2, 0.25) is 17.2 Å². The van der Waals surface area contributed by atoms with E-state index in [1.54, 1.807) is 30.1 Å². The van der Waals surface area contributed by atoms with Crippen molar-refractivity contribution in [1.82, 2.24) is 15.0 Å². The predicted molar refractivity (Wildman–Crippen MR) is 78.2 cm³/mol. The monoisotopic (exact) mass is 288 g/mol. The molecule has 6 nitrogen and oxygen atoms in total. The number of nitrogens with zero attached hydrogens (tertiary/aromatic N) is 5. The van der Waals surface area contributed by atoms with Crippen molar-refractivity contribution in [3.63, 3.8) is 0 Å². The zero-order valence-electron chi connectivity index (χ0n) is 11.1. The maximum Gasteiger partial charge on any atom is 0.235 e. The van der Waals surface area contributed by atoms with Gasteiger partial charge in [-0.1, -0.05) is 6.07 Å². The fourth-order valence-corrected chi connectivity index (χ4v) is 1.78. The third kappa shape index (κ3) is 3.13. The van der Waals surface area contributed by atoms with Crippen LogP contribution in [0.1, 0.15) is 12.5 Å². The second kappa shape index (κ2) is 6.17. The third-order valence-electron chi connectivity index (χ3n) is 2.59. The smallest absolute Gasteiger partial charge is 0.235 e. The van der Waals surface area contributed by atoms with Gasteiger partial charge in [0.1, 0.15) is 0 Å². The molecule has 7 heteroatoms. The van der Waals surface area contributed by atoms with Gasteiger partial charge < -0.3 is 10.2 Å². The molecule has 2 aromatic rings. The Balaban J connectivity index is 2.37. The van der Waals surface area contributed by atoms with Gasteiger partial charge >= 0.3 is 0 Å². The van der Waals surface area contributed by atoms with Gasteiger partial charge in [-0.2, -0.15) is 20.2 Å². The molecule has 0 amide bonds. The molecule has 0 radical (unpaired) electrons. The zero-order chi connectivity index (χ0) is 14.5. The van der Waals surface area contributed by atoms with E-state index in [0.717, 1.165) is 5.69 Å².